The highest BCUT2D eigenvalue weighted by Gasteiger charge is 2.23. The molecule has 1 amide bonds. The van der Waals surface area contributed by atoms with E-state index in [-0.39, 0.29) is 28.7 Å². The number of hydrogen-bond donors (Lipinski definition) is 1. The molecule has 7 heteroatoms. The molecule has 2 atom stereocenters. The second-order valence-corrected chi connectivity index (χ2v) is 8.09. The fourth-order valence-electron chi connectivity index (χ4n) is 2.27. The standard InChI is InChI=1S/C20H29ClFNO3S/c1-5-8-9-10-19(24)23-16-12-18(14(21)11-15(16)22)27-17(7-3)20(25)26-13(4)6-2/h11-13,17H,5-10H2,1-4H3,(H,23,24). The molecule has 0 aliphatic heterocycles. The first-order valence-electron chi connectivity index (χ1n) is 9.48. The average Bonchev–Trinajstić information content (AvgIpc) is 2.62. The molecule has 0 fully saturated rings. The highest BCUT2D eigenvalue weighted by Crippen LogP contribution is 2.36. The molecule has 0 spiro atoms. The molecule has 0 aliphatic carbocycles. The van der Waals surface area contributed by atoms with Gasteiger partial charge in [0.15, 0.2) is 0 Å². The number of amides is 1. The third-order valence-corrected chi connectivity index (χ3v) is 5.92. The number of anilines is 1. The molecular weight excluding hydrogens is 389 g/mol. The van der Waals surface area contributed by atoms with E-state index < -0.39 is 11.1 Å². The van der Waals surface area contributed by atoms with Crippen LogP contribution in [0.25, 0.3) is 0 Å². The Balaban J connectivity index is 2.87. The van der Waals surface area contributed by atoms with Gasteiger partial charge in [0.1, 0.15) is 11.1 Å². The smallest absolute Gasteiger partial charge is 0.319 e. The average molecular weight is 418 g/mol. The van der Waals surface area contributed by atoms with E-state index in [2.05, 4.69) is 12.2 Å². The van der Waals surface area contributed by atoms with Crippen molar-refractivity contribution in [2.24, 2.45) is 0 Å². The van der Waals surface area contributed by atoms with Gasteiger partial charge in [0.2, 0.25) is 5.91 Å². The summed E-state index contributed by atoms with van der Waals surface area (Å²) in [5, 5.41) is 2.35. The van der Waals surface area contributed by atoms with Crippen molar-refractivity contribution in [1.29, 1.82) is 0 Å². The van der Waals surface area contributed by atoms with Crippen LogP contribution in [0, 0.1) is 5.82 Å². The molecule has 0 saturated heterocycles. The molecule has 1 N–H and O–H groups in total. The first-order chi connectivity index (χ1) is 12.8. The molecule has 2 unspecified atom stereocenters. The number of thioether (sulfide) groups is 1. The first kappa shape index (κ1) is 23.8. The third-order valence-electron chi connectivity index (χ3n) is 4.10. The van der Waals surface area contributed by atoms with E-state index in [1.807, 2.05) is 20.8 Å². The van der Waals surface area contributed by atoms with Gasteiger partial charge in [-0.3, -0.25) is 9.59 Å². The molecule has 4 nitrogen and oxygen atoms in total. The Labute approximate surface area is 170 Å². The normalized spacial score (nSPS) is 13.1. The topological polar surface area (TPSA) is 55.4 Å². The van der Waals surface area contributed by atoms with Gasteiger partial charge in [-0.05, 0) is 38.3 Å². The van der Waals surface area contributed by atoms with Crippen molar-refractivity contribution in [3.63, 3.8) is 0 Å². The molecule has 1 rings (SSSR count). The summed E-state index contributed by atoms with van der Waals surface area (Å²) in [6, 6.07) is 2.65. The number of unbranched alkanes of at least 4 members (excludes halogenated alkanes) is 2. The van der Waals surface area contributed by atoms with E-state index in [0.717, 1.165) is 31.7 Å². The summed E-state index contributed by atoms with van der Waals surface area (Å²) in [7, 11) is 0. The number of carbonyl (C=O) groups excluding carboxylic acids is 2. The second kappa shape index (κ2) is 12.2. The molecule has 1 aromatic carbocycles. The minimum Gasteiger partial charge on any atom is -0.462 e. The fraction of sp³-hybridized carbons (Fsp3) is 0.600. The summed E-state index contributed by atoms with van der Waals surface area (Å²) in [5.41, 5.74) is 0.0774. The Morgan fingerprint density at radius 2 is 1.93 bits per heavy atom. The Hall–Kier alpha value is -1.27. The number of esters is 1. The highest BCUT2D eigenvalue weighted by atomic mass is 35.5. The van der Waals surface area contributed by atoms with Gasteiger partial charge in [-0.2, -0.15) is 0 Å². The number of hydrogen-bond acceptors (Lipinski definition) is 4. The molecule has 0 saturated carbocycles. The molecule has 1 aromatic rings. The summed E-state index contributed by atoms with van der Waals surface area (Å²) in [5.74, 6) is -1.14. The van der Waals surface area contributed by atoms with Crippen LogP contribution in [-0.4, -0.2) is 23.2 Å². The van der Waals surface area contributed by atoms with Gasteiger partial charge in [0, 0.05) is 11.3 Å². The summed E-state index contributed by atoms with van der Waals surface area (Å²) in [4.78, 5) is 24.8. The molecular formula is C20H29ClFNO3S. The van der Waals surface area contributed by atoms with Crippen molar-refractivity contribution in [2.45, 2.75) is 82.5 Å². The van der Waals surface area contributed by atoms with Crippen LogP contribution in [-0.2, 0) is 14.3 Å². The maximum Gasteiger partial charge on any atom is 0.319 e. The maximum absolute atomic E-state index is 14.2. The Morgan fingerprint density at radius 3 is 2.52 bits per heavy atom. The van der Waals surface area contributed by atoms with Crippen LogP contribution in [0.5, 0.6) is 0 Å². The van der Waals surface area contributed by atoms with Crippen molar-refractivity contribution in [3.8, 4) is 0 Å². The van der Waals surface area contributed by atoms with Crippen LogP contribution in [0.3, 0.4) is 0 Å². The largest absolute Gasteiger partial charge is 0.462 e. The fourth-order valence-corrected chi connectivity index (χ4v) is 3.54. The zero-order valence-corrected chi connectivity index (χ0v) is 18.0. The molecule has 0 heterocycles. The Kier molecular flexibility index (Phi) is 10.8. The van der Waals surface area contributed by atoms with E-state index in [1.54, 1.807) is 0 Å². The lowest BCUT2D eigenvalue weighted by molar-refractivity contribution is -0.147. The van der Waals surface area contributed by atoms with E-state index in [4.69, 9.17) is 16.3 Å². The van der Waals surface area contributed by atoms with Gasteiger partial charge >= 0.3 is 5.97 Å². The Bertz CT molecular complexity index is 642. The third kappa shape index (κ3) is 8.09. The van der Waals surface area contributed by atoms with Crippen LogP contribution >= 0.6 is 23.4 Å². The van der Waals surface area contributed by atoms with Crippen molar-refractivity contribution < 1.29 is 18.7 Å². The number of rotatable bonds is 11. The van der Waals surface area contributed by atoms with Crippen LogP contribution < -0.4 is 5.32 Å². The summed E-state index contributed by atoms with van der Waals surface area (Å²) >= 11 is 7.38. The number of nitrogens with one attached hydrogen (secondary N) is 1. The van der Waals surface area contributed by atoms with Gasteiger partial charge in [-0.15, -0.1) is 11.8 Å². The number of benzene rings is 1. The summed E-state index contributed by atoms with van der Waals surface area (Å²) in [6.45, 7) is 7.71. The number of carbonyl (C=O) groups is 2. The number of ether oxygens (including phenoxy) is 1. The zero-order chi connectivity index (χ0) is 20.4. The lowest BCUT2D eigenvalue weighted by Gasteiger charge is -2.18. The lowest BCUT2D eigenvalue weighted by atomic mass is 10.2. The SMILES string of the molecule is CCCCCC(=O)Nc1cc(SC(CC)C(=O)OC(C)CC)c(Cl)cc1F. The predicted octanol–water partition coefficient (Wildman–Crippen LogP) is 6.21. The minimum absolute atomic E-state index is 0.0774. The summed E-state index contributed by atoms with van der Waals surface area (Å²) in [6.07, 6.45) is 4.19. The van der Waals surface area contributed by atoms with Crippen molar-refractivity contribution >= 4 is 40.9 Å². The highest BCUT2D eigenvalue weighted by molar-refractivity contribution is 8.00. The Morgan fingerprint density at radius 1 is 1.22 bits per heavy atom. The zero-order valence-electron chi connectivity index (χ0n) is 16.4. The van der Waals surface area contributed by atoms with Gasteiger partial charge in [0.05, 0.1) is 16.8 Å². The van der Waals surface area contributed by atoms with Crippen molar-refractivity contribution in [3.05, 3.63) is 23.0 Å². The molecule has 0 aliphatic rings. The van der Waals surface area contributed by atoms with Gasteiger partial charge in [-0.1, -0.05) is 45.2 Å². The van der Waals surface area contributed by atoms with Crippen LogP contribution in [0.2, 0.25) is 5.02 Å². The van der Waals surface area contributed by atoms with E-state index in [1.165, 1.54) is 17.8 Å². The molecule has 27 heavy (non-hydrogen) atoms. The molecule has 0 radical (unpaired) electrons. The minimum atomic E-state index is -0.594. The van der Waals surface area contributed by atoms with Crippen LogP contribution in [0.15, 0.2) is 17.0 Å². The van der Waals surface area contributed by atoms with E-state index in [9.17, 15) is 14.0 Å². The first-order valence-corrected chi connectivity index (χ1v) is 10.7. The van der Waals surface area contributed by atoms with E-state index >= 15 is 0 Å². The quantitative estimate of drug-likeness (QED) is 0.264. The lowest BCUT2D eigenvalue weighted by Crippen LogP contribution is -2.24. The van der Waals surface area contributed by atoms with Crippen LogP contribution in [0.4, 0.5) is 10.1 Å². The van der Waals surface area contributed by atoms with E-state index in [0.29, 0.717) is 17.7 Å². The molecule has 0 bridgehead atoms. The molecule has 0 aromatic heterocycles. The van der Waals surface area contributed by atoms with Gasteiger partial charge in [-0.25, -0.2) is 4.39 Å². The second-order valence-electron chi connectivity index (χ2n) is 6.44. The monoisotopic (exact) mass is 417 g/mol. The summed E-state index contributed by atoms with van der Waals surface area (Å²) < 4.78 is 19.6. The van der Waals surface area contributed by atoms with Crippen molar-refractivity contribution in [1.82, 2.24) is 0 Å². The van der Waals surface area contributed by atoms with Gasteiger partial charge < -0.3 is 10.1 Å². The predicted molar refractivity (Wildman–Crippen MR) is 110 cm³/mol. The van der Waals surface area contributed by atoms with Crippen LogP contribution in [0.1, 0.15) is 66.2 Å². The van der Waals surface area contributed by atoms with Crippen molar-refractivity contribution in [2.75, 3.05) is 5.32 Å². The number of halogens is 2. The maximum atomic E-state index is 14.2. The molecule has 152 valence electrons. The van der Waals surface area contributed by atoms with Gasteiger partial charge in [0.25, 0.3) is 0 Å².